The molecular weight excluding hydrogens is 300 g/mol. The van der Waals surface area contributed by atoms with E-state index in [4.69, 9.17) is 9.84 Å². The van der Waals surface area contributed by atoms with Gasteiger partial charge in [0.2, 0.25) is 5.91 Å². The standard InChI is InChI=1S/C16H18N2O5/c1-16(7-8-17(10-16)14(20)21)13(19)18-12(9-23-15(18)22)11-5-3-2-4-6-11/h2-6,12H,7-10H2,1H3,(H,20,21). The molecule has 122 valence electrons. The highest BCUT2D eigenvalue weighted by Crippen LogP contribution is 2.37. The van der Waals surface area contributed by atoms with Crippen LogP contribution in [0.2, 0.25) is 0 Å². The molecule has 1 aromatic carbocycles. The molecule has 0 aromatic heterocycles. The zero-order chi connectivity index (χ0) is 16.6. The van der Waals surface area contributed by atoms with E-state index in [0.717, 1.165) is 10.5 Å². The molecule has 2 fully saturated rings. The SMILES string of the molecule is CC1(C(=O)N2C(=O)OCC2c2ccccc2)CCN(C(=O)O)C1. The number of ether oxygens (including phenoxy) is 1. The normalized spacial score (nSPS) is 27.2. The average molecular weight is 318 g/mol. The van der Waals surface area contributed by atoms with Gasteiger partial charge in [0.15, 0.2) is 0 Å². The van der Waals surface area contributed by atoms with E-state index in [1.165, 1.54) is 4.90 Å². The number of nitrogens with zero attached hydrogens (tertiary/aromatic N) is 2. The third kappa shape index (κ3) is 2.62. The van der Waals surface area contributed by atoms with Gasteiger partial charge in [0, 0.05) is 13.1 Å². The Morgan fingerprint density at radius 1 is 1.30 bits per heavy atom. The summed E-state index contributed by atoms with van der Waals surface area (Å²) in [4.78, 5) is 38.4. The second-order valence-electron chi connectivity index (χ2n) is 6.19. The lowest BCUT2D eigenvalue weighted by molar-refractivity contribution is -0.138. The van der Waals surface area contributed by atoms with Gasteiger partial charge in [-0.05, 0) is 18.9 Å². The van der Waals surface area contributed by atoms with Gasteiger partial charge in [-0.25, -0.2) is 14.5 Å². The van der Waals surface area contributed by atoms with Crippen LogP contribution in [0.3, 0.4) is 0 Å². The summed E-state index contributed by atoms with van der Waals surface area (Å²) < 4.78 is 5.07. The van der Waals surface area contributed by atoms with Crippen LogP contribution in [0.15, 0.2) is 30.3 Å². The summed E-state index contributed by atoms with van der Waals surface area (Å²) in [5.74, 6) is -0.377. The van der Waals surface area contributed by atoms with Crippen molar-refractivity contribution in [1.29, 1.82) is 0 Å². The highest BCUT2D eigenvalue weighted by molar-refractivity contribution is 5.97. The first kappa shape index (κ1) is 15.3. The molecule has 0 saturated carbocycles. The fraction of sp³-hybridized carbons (Fsp3) is 0.438. The number of amides is 3. The van der Waals surface area contributed by atoms with Gasteiger partial charge in [-0.15, -0.1) is 0 Å². The summed E-state index contributed by atoms with van der Waals surface area (Å²) in [6.45, 7) is 2.20. The van der Waals surface area contributed by atoms with E-state index in [0.29, 0.717) is 6.42 Å². The fourth-order valence-electron chi connectivity index (χ4n) is 3.16. The first-order valence-corrected chi connectivity index (χ1v) is 7.45. The molecule has 2 atom stereocenters. The van der Waals surface area contributed by atoms with Gasteiger partial charge in [0.05, 0.1) is 5.41 Å². The molecule has 2 unspecified atom stereocenters. The molecule has 3 rings (SSSR count). The van der Waals surface area contributed by atoms with Gasteiger partial charge in [-0.2, -0.15) is 0 Å². The van der Waals surface area contributed by atoms with Crippen molar-refractivity contribution in [3.63, 3.8) is 0 Å². The highest BCUT2D eigenvalue weighted by Gasteiger charge is 2.50. The van der Waals surface area contributed by atoms with Crippen molar-refractivity contribution < 1.29 is 24.2 Å². The van der Waals surface area contributed by atoms with Crippen molar-refractivity contribution in [3.05, 3.63) is 35.9 Å². The molecular formula is C16H18N2O5. The first-order valence-electron chi connectivity index (χ1n) is 7.45. The maximum atomic E-state index is 12.9. The summed E-state index contributed by atoms with van der Waals surface area (Å²) in [6.07, 6.45) is -1.33. The molecule has 2 saturated heterocycles. The number of carboxylic acid groups (broad SMARTS) is 1. The van der Waals surface area contributed by atoms with Crippen molar-refractivity contribution in [2.45, 2.75) is 19.4 Å². The van der Waals surface area contributed by atoms with Crippen LogP contribution in [0.25, 0.3) is 0 Å². The molecule has 0 spiro atoms. The van der Waals surface area contributed by atoms with Crippen LogP contribution in [0, 0.1) is 5.41 Å². The Morgan fingerprint density at radius 2 is 2.00 bits per heavy atom. The predicted octanol–water partition coefficient (Wildman–Crippen LogP) is 2.10. The molecule has 0 radical (unpaired) electrons. The minimum Gasteiger partial charge on any atom is -0.465 e. The van der Waals surface area contributed by atoms with Crippen molar-refractivity contribution in [2.75, 3.05) is 19.7 Å². The van der Waals surface area contributed by atoms with E-state index >= 15 is 0 Å². The first-order chi connectivity index (χ1) is 10.9. The van der Waals surface area contributed by atoms with Gasteiger partial charge in [0.25, 0.3) is 0 Å². The molecule has 1 N–H and O–H groups in total. The number of carbonyl (C=O) groups is 3. The largest absolute Gasteiger partial charge is 0.465 e. The minimum atomic E-state index is -1.05. The fourth-order valence-corrected chi connectivity index (χ4v) is 3.16. The third-order valence-electron chi connectivity index (χ3n) is 4.54. The molecule has 3 amide bonds. The molecule has 0 bridgehead atoms. The number of likely N-dealkylation sites (tertiary alicyclic amines) is 1. The summed E-state index contributed by atoms with van der Waals surface area (Å²) in [6, 6.07) is 8.75. The predicted molar refractivity (Wildman–Crippen MR) is 79.7 cm³/mol. The lowest BCUT2D eigenvalue weighted by atomic mass is 9.87. The van der Waals surface area contributed by atoms with Gasteiger partial charge in [-0.1, -0.05) is 30.3 Å². The summed E-state index contributed by atoms with van der Waals surface area (Å²) in [5, 5.41) is 9.08. The van der Waals surface area contributed by atoms with Crippen molar-refractivity contribution in [2.24, 2.45) is 5.41 Å². The smallest absolute Gasteiger partial charge is 0.417 e. The van der Waals surface area contributed by atoms with E-state index in [2.05, 4.69) is 0 Å². The van der Waals surface area contributed by atoms with Crippen LogP contribution in [-0.2, 0) is 9.53 Å². The second kappa shape index (κ2) is 5.57. The van der Waals surface area contributed by atoms with Crippen molar-refractivity contribution in [1.82, 2.24) is 9.80 Å². The number of hydrogen-bond acceptors (Lipinski definition) is 4. The maximum Gasteiger partial charge on any atom is 0.417 e. The molecule has 2 aliphatic heterocycles. The number of rotatable bonds is 2. The molecule has 2 heterocycles. The molecule has 23 heavy (non-hydrogen) atoms. The summed E-state index contributed by atoms with van der Waals surface area (Å²) >= 11 is 0. The molecule has 7 heteroatoms. The van der Waals surface area contributed by atoms with Crippen LogP contribution in [0.4, 0.5) is 9.59 Å². The van der Waals surface area contributed by atoms with E-state index < -0.39 is 23.6 Å². The van der Waals surface area contributed by atoms with Crippen molar-refractivity contribution in [3.8, 4) is 0 Å². The van der Waals surface area contributed by atoms with Crippen molar-refractivity contribution >= 4 is 18.1 Å². The van der Waals surface area contributed by atoms with Crippen LogP contribution < -0.4 is 0 Å². The molecule has 2 aliphatic rings. The number of carbonyl (C=O) groups excluding carboxylic acids is 2. The Kier molecular flexibility index (Phi) is 3.71. The van der Waals surface area contributed by atoms with Gasteiger partial charge in [0.1, 0.15) is 12.6 Å². The number of benzene rings is 1. The Bertz CT molecular complexity index is 647. The average Bonchev–Trinajstić information content (AvgIpc) is 3.12. The Hall–Kier alpha value is -2.57. The second-order valence-corrected chi connectivity index (χ2v) is 6.19. The van der Waals surface area contributed by atoms with E-state index in [9.17, 15) is 14.4 Å². The Morgan fingerprint density at radius 3 is 2.61 bits per heavy atom. The van der Waals surface area contributed by atoms with Crippen LogP contribution in [-0.4, -0.2) is 52.7 Å². The van der Waals surface area contributed by atoms with Gasteiger partial charge >= 0.3 is 12.2 Å². The van der Waals surface area contributed by atoms with Gasteiger partial charge in [-0.3, -0.25) is 4.79 Å². The summed E-state index contributed by atoms with van der Waals surface area (Å²) in [7, 11) is 0. The summed E-state index contributed by atoms with van der Waals surface area (Å²) in [5.41, 5.74) is -0.0854. The number of imide groups is 1. The zero-order valence-corrected chi connectivity index (χ0v) is 12.8. The number of cyclic esters (lactones) is 1. The quantitative estimate of drug-likeness (QED) is 0.902. The van der Waals surface area contributed by atoms with E-state index in [1.54, 1.807) is 6.92 Å². The Balaban J connectivity index is 1.85. The van der Waals surface area contributed by atoms with Crippen LogP contribution in [0.1, 0.15) is 24.9 Å². The van der Waals surface area contributed by atoms with Crippen LogP contribution >= 0.6 is 0 Å². The topological polar surface area (TPSA) is 87.2 Å². The molecule has 1 aromatic rings. The van der Waals surface area contributed by atoms with E-state index in [1.807, 2.05) is 30.3 Å². The monoisotopic (exact) mass is 318 g/mol. The lowest BCUT2D eigenvalue weighted by Crippen LogP contribution is -2.45. The van der Waals surface area contributed by atoms with E-state index in [-0.39, 0.29) is 25.6 Å². The number of hydrogen-bond donors (Lipinski definition) is 1. The van der Waals surface area contributed by atoms with Crippen LogP contribution in [0.5, 0.6) is 0 Å². The zero-order valence-electron chi connectivity index (χ0n) is 12.8. The third-order valence-corrected chi connectivity index (χ3v) is 4.54. The lowest BCUT2D eigenvalue weighted by Gasteiger charge is -2.29. The Labute approximate surface area is 133 Å². The molecule has 7 nitrogen and oxygen atoms in total. The maximum absolute atomic E-state index is 12.9. The molecule has 0 aliphatic carbocycles. The highest BCUT2D eigenvalue weighted by atomic mass is 16.6. The van der Waals surface area contributed by atoms with Gasteiger partial charge < -0.3 is 14.7 Å². The minimum absolute atomic E-state index is 0.0897.